The quantitative estimate of drug-likeness (QED) is 0.858. The summed E-state index contributed by atoms with van der Waals surface area (Å²) in [6, 6.07) is 3.48. The Morgan fingerprint density at radius 1 is 1.36 bits per heavy atom. The standard InChI is InChI=1S/C7H6Br2O2/c1-11-5-3-2-4(8)7(10)6(5)9/h2-3,10H,1H3. The van der Waals surface area contributed by atoms with E-state index < -0.39 is 0 Å². The Labute approximate surface area is 81.4 Å². The Bertz CT molecular complexity index is 273. The minimum atomic E-state index is 0.157. The van der Waals surface area contributed by atoms with E-state index >= 15 is 0 Å². The van der Waals surface area contributed by atoms with E-state index in [1.807, 2.05) is 0 Å². The largest absolute Gasteiger partial charge is 0.505 e. The average molecular weight is 282 g/mol. The van der Waals surface area contributed by atoms with Crippen molar-refractivity contribution < 1.29 is 9.84 Å². The molecule has 1 rings (SSSR count). The topological polar surface area (TPSA) is 29.5 Å². The maximum absolute atomic E-state index is 9.34. The first kappa shape index (κ1) is 8.87. The number of halogens is 2. The van der Waals surface area contributed by atoms with Crippen LogP contribution in [0.1, 0.15) is 0 Å². The van der Waals surface area contributed by atoms with Crippen molar-refractivity contribution in [2.75, 3.05) is 7.11 Å². The van der Waals surface area contributed by atoms with Gasteiger partial charge in [-0.15, -0.1) is 0 Å². The molecule has 2 nitrogen and oxygen atoms in total. The molecule has 0 saturated heterocycles. The molecule has 1 N–H and O–H groups in total. The van der Waals surface area contributed by atoms with Crippen LogP contribution in [0.3, 0.4) is 0 Å². The van der Waals surface area contributed by atoms with Crippen LogP contribution in [0, 0.1) is 0 Å². The summed E-state index contributed by atoms with van der Waals surface area (Å²) in [4.78, 5) is 0. The number of methoxy groups -OCH3 is 1. The maximum atomic E-state index is 9.34. The highest BCUT2D eigenvalue weighted by molar-refractivity contribution is 9.11. The normalized spacial score (nSPS) is 9.73. The molecule has 60 valence electrons. The van der Waals surface area contributed by atoms with Crippen molar-refractivity contribution in [3.8, 4) is 11.5 Å². The van der Waals surface area contributed by atoms with Crippen molar-refractivity contribution in [3.63, 3.8) is 0 Å². The third kappa shape index (κ3) is 1.68. The maximum Gasteiger partial charge on any atom is 0.147 e. The van der Waals surface area contributed by atoms with Crippen LogP contribution in [0.4, 0.5) is 0 Å². The lowest BCUT2D eigenvalue weighted by Gasteiger charge is -2.05. The fourth-order valence-electron chi connectivity index (χ4n) is 0.680. The molecule has 0 spiro atoms. The predicted molar refractivity (Wildman–Crippen MR) is 50.1 cm³/mol. The van der Waals surface area contributed by atoms with Crippen molar-refractivity contribution in [3.05, 3.63) is 21.1 Å². The number of phenolic OH excluding ortho intramolecular Hbond substituents is 1. The van der Waals surface area contributed by atoms with E-state index in [4.69, 9.17) is 4.74 Å². The summed E-state index contributed by atoms with van der Waals surface area (Å²) < 4.78 is 6.16. The SMILES string of the molecule is COc1ccc(Br)c(O)c1Br. The summed E-state index contributed by atoms with van der Waals surface area (Å²) in [6.45, 7) is 0. The first-order valence-corrected chi connectivity index (χ1v) is 4.46. The molecule has 0 aliphatic rings. The molecule has 0 heterocycles. The lowest BCUT2D eigenvalue weighted by Crippen LogP contribution is -1.84. The van der Waals surface area contributed by atoms with E-state index in [1.54, 1.807) is 19.2 Å². The van der Waals surface area contributed by atoms with Gasteiger partial charge in [-0.2, -0.15) is 0 Å². The summed E-state index contributed by atoms with van der Waals surface area (Å²) in [5.74, 6) is 0.773. The molecule has 0 amide bonds. The number of hydrogen-bond acceptors (Lipinski definition) is 2. The fraction of sp³-hybridized carbons (Fsp3) is 0.143. The highest BCUT2D eigenvalue weighted by Crippen LogP contribution is 2.38. The molecular formula is C7H6Br2O2. The Balaban J connectivity index is 3.25. The second kappa shape index (κ2) is 3.45. The Morgan fingerprint density at radius 2 is 2.00 bits per heavy atom. The molecule has 0 radical (unpaired) electrons. The predicted octanol–water partition coefficient (Wildman–Crippen LogP) is 2.93. The molecule has 4 heteroatoms. The molecular weight excluding hydrogens is 276 g/mol. The first-order chi connectivity index (χ1) is 5.16. The van der Waals surface area contributed by atoms with Gasteiger partial charge in [-0.25, -0.2) is 0 Å². The Hall–Kier alpha value is -0.220. The number of ether oxygens (including phenoxy) is 1. The molecule has 1 aromatic carbocycles. The third-order valence-electron chi connectivity index (χ3n) is 1.25. The van der Waals surface area contributed by atoms with Gasteiger partial charge >= 0.3 is 0 Å². The second-order valence-corrected chi connectivity index (χ2v) is 3.56. The van der Waals surface area contributed by atoms with E-state index in [0.29, 0.717) is 14.7 Å². The van der Waals surface area contributed by atoms with Crippen molar-refractivity contribution in [1.29, 1.82) is 0 Å². The van der Waals surface area contributed by atoms with Crippen molar-refractivity contribution in [2.24, 2.45) is 0 Å². The highest BCUT2D eigenvalue weighted by atomic mass is 79.9. The number of benzene rings is 1. The van der Waals surface area contributed by atoms with Crippen molar-refractivity contribution >= 4 is 31.9 Å². The Morgan fingerprint density at radius 3 is 2.55 bits per heavy atom. The first-order valence-electron chi connectivity index (χ1n) is 2.87. The average Bonchev–Trinajstić information content (AvgIpc) is 2.01. The summed E-state index contributed by atoms with van der Waals surface area (Å²) >= 11 is 6.36. The fourth-order valence-corrected chi connectivity index (χ4v) is 1.78. The van der Waals surface area contributed by atoms with Gasteiger partial charge in [-0.3, -0.25) is 0 Å². The smallest absolute Gasteiger partial charge is 0.147 e. The molecule has 0 fully saturated rings. The number of aromatic hydroxyl groups is 1. The molecule has 0 saturated carbocycles. The number of hydrogen-bond donors (Lipinski definition) is 1. The van der Waals surface area contributed by atoms with Crippen LogP contribution >= 0.6 is 31.9 Å². The van der Waals surface area contributed by atoms with Crippen LogP contribution in [0.25, 0.3) is 0 Å². The summed E-state index contributed by atoms with van der Waals surface area (Å²) in [5.41, 5.74) is 0. The zero-order chi connectivity index (χ0) is 8.43. The molecule has 0 bridgehead atoms. The van der Waals surface area contributed by atoms with E-state index in [1.165, 1.54) is 0 Å². The van der Waals surface area contributed by atoms with Crippen LogP contribution in [0.2, 0.25) is 0 Å². The highest BCUT2D eigenvalue weighted by Gasteiger charge is 2.07. The zero-order valence-electron chi connectivity index (χ0n) is 5.77. The minimum absolute atomic E-state index is 0.157. The van der Waals surface area contributed by atoms with Gasteiger partial charge in [0.25, 0.3) is 0 Å². The third-order valence-corrected chi connectivity index (χ3v) is 2.66. The van der Waals surface area contributed by atoms with Gasteiger partial charge < -0.3 is 9.84 Å². The van der Waals surface area contributed by atoms with Gasteiger partial charge in [-0.05, 0) is 44.0 Å². The minimum Gasteiger partial charge on any atom is -0.505 e. The second-order valence-electron chi connectivity index (χ2n) is 1.91. The zero-order valence-corrected chi connectivity index (χ0v) is 8.94. The van der Waals surface area contributed by atoms with Gasteiger partial charge in [0.1, 0.15) is 16.0 Å². The van der Waals surface area contributed by atoms with E-state index in [9.17, 15) is 5.11 Å². The van der Waals surface area contributed by atoms with Gasteiger partial charge in [-0.1, -0.05) is 0 Å². The van der Waals surface area contributed by atoms with Crippen molar-refractivity contribution in [2.45, 2.75) is 0 Å². The summed E-state index contributed by atoms with van der Waals surface area (Å²) in [7, 11) is 1.55. The number of phenols is 1. The molecule has 0 aliphatic carbocycles. The molecule has 0 atom stereocenters. The summed E-state index contributed by atoms with van der Waals surface area (Å²) in [5, 5.41) is 9.34. The van der Waals surface area contributed by atoms with Gasteiger partial charge in [0.05, 0.1) is 11.6 Å². The monoisotopic (exact) mass is 280 g/mol. The molecule has 1 aromatic rings. The van der Waals surface area contributed by atoms with Crippen molar-refractivity contribution in [1.82, 2.24) is 0 Å². The van der Waals surface area contributed by atoms with Crippen LogP contribution in [0.5, 0.6) is 11.5 Å². The Kier molecular flexibility index (Phi) is 2.78. The van der Waals surface area contributed by atoms with Gasteiger partial charge in [0.2, 0.25) is 0 Å². The van der Waals surface area contributed by atoms with Crippen LogP contribution < -0.4 is 4.74 Å². The van der Waals surface area contributed by atoms with Crippen LogP contribution in [-0.4, -0.2) is 12.2 Å². The lowest BCUT2D eigenvalue weighted by atomic mass is 10.3. The van der Waals surface area contributed by atoms with Gasteiger partial charge in [0.15, 0.2) is 0 Å². The molecule has 0 unspecified atom stereocenters. The lowest BCUT2D eigenvalue weighted by molar-refractivity contribution is 0.403. The van der Waals surface area contributed by atoms with E-state index in [0.717, 1.165) is 0 Å². The van der Waals surface area contributed by atoms with Gasteiger partial charge in [0, 0.05) is 0 Å². The van der Waals surface area contributed by atoms with Crippen LogP contribution in [0.15, 0.2) is 21.1 Å². The molecule has 0 aliphatic heterocycles. The van der Waals surface area contributed by atoms with E-state index in [-0.39, 0.29) is 5.75 Å². The summed E-state index contributed by atoms with van der Waals surface area (Å²) in [6.07, 6.45) is 0. The number of rotatable bonds is 1. The van der Waals surface area contributed by atoms with Crippen LogP contribution in [-0.2, 0) is 0 Å². The van der Waals surface area contributed by atoms with E-state index in [2.05, 4.69) is 31.9 Å². The molecule has 0 aromatic heterocycles. The molecule has 11 heavy (non-hydrogen) atoms.